The van der Waals surface area contributed by atoms with E-state index in [4.69, 9.17) is 0 Å². The van der Waals surface area contributed by atoms with Gasteiger partial charge in [0.25, 0.3) is 0 Å². The van der Waals surface area contributed by atoms with Gasteiger partial charge in [0.15, 0.2) is 0 Å². The predicted molar refractivity (Wildman–Crippen MR) is 51.0 cm³/mol. The van der Waals surface area contributed by atoms with Crippen molar-refractivity contribution in [3.8, 4) is 0 Å². The van der Waals surface area contributed by atoms with Gasteiger partial charge in [0.2, 0.25) is 0 Å². The minimum absolute atomic E-state index is 1.26. The van der Waals surface area contributed by atoms with Crippen LogP contribution in [0.5, 0.6) is 0 Å². The van der Waals surface area contributed by atoms with E-state index in [-0.39, 0.29) is 0 Å². The second-order valence-corrected chi connectivity index (χ2v) is 2.78. The first-order valence-corrected chi connectivity index (χ1v) is 4.62. The average Bonchev–Trinajstić information content (AvgIpc) is 2.55. The Kier molecular flexibility index (Phi) is 3.05. The number of pyridine rings is 1. The number of nitrogens with zero attached hydrogens (tertiary/aromatic N) is 1. The van der Waals surface area contributed by atoms with Crippen molar-refractivity contribution in [2.24, 2.45) is 0 Å². The minimum atomic E-state index is 1.26. The van der Waals surface area contributed by atoms with Crippen molar-refractivity contribution in [2.75, 3.05) is 0 Å². The second-order valence-electron chi connectivity index (χ2n) is 1.83. The summed E-state index contributed by atoms with van der Waals surface area (Å²) in [6, 6.07) is 4.12. The molecule has 0 atom stereocenters. The van der Waals surface area contributed by atoms with E-state index in [1.54, 1.807) is 11.3 Å². The third-order valence-corrected chi connectivity index (χ3v) is 2.13. The van der Waals surface area contributed by atoms with E-state index in [0.29, 0.717) is 0 Å². The normalized spacial score (nSPS) is 8.91. The van der Waals surface area contributed by atoms with Crippen LogP contribution in [0.3, 0.4) is 0 Å². The molecule has 2 aromatic heterocycles. The molecule has 2 heteroatoms. The lowest BCUT2D eigenvalue weighted by atomic mass is 10.3. The molecule has 0 aromatic carbocycles. The summed E-state index contributed by atoms with van der Waals surface area (Å²) in [5, 5.41) is 3.36. The van der Waals surface area contributed by atoms with Crippen molar-refractivity contribution in [3.05, 3.63) is 29.9 Å². The summed E-state index contributed by atoms with van der Waals surface area (Å²) in [7, 11) is 0. The van der Waals surface area contributed by atoms with Gasteiger partial charge in [-0.3, -0.25) is 4.98 Å². The average molecular weight is 165 g/mol. The molecule has 0 radical (unpaired) electrons. The van der Waals surface area contributed by atoms with Crippen molar-refractivity contribution in [1.82, 2.24) is 4.98 Å². The van der Waals surface area contributed by atoms with Crippen molar-refractivity contribution < 1.29 is 0 Å². The van der Waals surface area contributed by atoms with E-state index in [1.807, 2.05) is 32.3 Å². The predicted octanol–water partition coefficient (Wildman–Crippen LogP) is 3.32. The lowest BCUT2D eigenvalue weighted by Gasteiger charge is -1.81. The van der Waals surface area contributed by atoms with Gasteiger partial charge in [-0.25, -0.2) is 0 Å². The van der Waals surface area contributed by atoms with Crippen LogP contribution in [0.15, 0.2) is 29.9 Å². The number of aromatic nitrogens is 1. The first kappa shape index (κ1) is 8.21. The number of rotatable bonds is 0. The highest BCUT2D eigenvalue weighted by Crippen LogP contribution is 2.17. The number of hydrogen-bond acceptors (Lipinski definition) is 2. The van der Waals surface area contributed by atoms with E-state index >= 15 is 0 Å². The summed E-state index contributed by atoms with van der Waals surface area (Å²) in [4.78, 5) is 4.00. The highest BCUT2D eigenvalue weighted by atomic mass is 32.1. The Morgan fingerprint density at radius 3 is 2.82 bits per heavy atom. The largest absolute Gasteiger partial charge is 0.263 e. The lowest BCUT2D eigenvalue weighted by Crippen LogP contribution is -1.64. The molecule has 1 nitrogen and oxygen atoms in total. The standard InChI is InChI=1S/C7H5NS.C2H6/c1-3-8-5-7-6(1)2-4-9-7;1-2/h1-5H;1-2H3. The van der Waals surface area contributed by atoms with Crippen molar-refractivity contribution in [3.63, 3.8) is 0 Å². The highest BCUT2D eigenvalue weighted by Gasteiger charge is 1.88. The molecule has 0 fully saturated rings. The molecule has 11 heavy (non-hydrogen) atoms. The van der Waals surface area contributed by atoms with Gasteiger partial charge in [-0.15, -0.1) is 11.3 Å². The van der Waals surface area contributed by atoms with Gasteiger partial charge in [-0.2, -0.15) is 0 Å². The summed E-state index contributed by atoms with van der Waals surface area (Å²) in [5.74, 6) is 0. The molecule has 58 valence electrons. The van der Waals surface area contributed by atoms with Crippen LogP contribution >= 0.6 is 11.3 Å². The van der Waals surface area contributed by atoms with Crippen LogP contribution < -0.4 is 0 Å². The molecule has 0 bridgehead atoms. The Labute approximate surface area is 70.7 Å². The minimum Gasteiger partial charge on any atom is -0.263 e. The molecule has 0 saturated heterocycles. The van der Waals surface area contributed by atoms with Crippen LogP contribution in [-0.4, -0.2) is 4.98 Å². The molecule has 0 aliphatic heterocycles. The zero-order chi connectivity index (χ0) is 8.10. The molecule has 0 aliphatic carbocycles. The van der Waals surface area contributed by atoms with Gasteiger partial charge in [0.05, 0.1) is 4.70 Å². The Morgan fingerprint density at radius 2 is 2.09 bits per heavy atom. The van der Waals surface area contributed by atoms with E-state index in [9.17, 15) is 0 Å². The van der Waals surface area contributed by atoms with Crippen molar-refractivity contribution in [2.45, 2.75) is 13.8 Å². The fourth-order valence-corrected chi connectivity index (χ4v) is 1.56. The molecule has 0 unspecified atom stereocenters. The molecule has 2 heterocycles. The summed E-state index contributed by atoms with van der Waals surface area (Å²) in [6.45, 7) is 4.00. The van der Waals surface area contributed by atoms with Gasteiger partial charge < -0.3 is 0 Å². The van der Waals surface area contributed by atoms with Gasteiger partial charge in [-0.05, 0) is 22.9 Å². The van der Waals surface area contributed by atoms with Crippen LogP contribution in [0.4, 0.5) is 0 Å². The van der Waals surface area contributed by atoms with E-state index in [1.165, 1.54) is 10.1 Å². The SMILES string of the molecule is CC.c1cc2ccsc2cn1. The Bertz CT molecular complexity index is 284. The molecule has 2 aromatic rings. The van der Waals surface area contributed by atoms with Crippen LogP contribution in [-0.2, 0) is 0 Å². The van der Waals surface area contributed by atoms with Crippen molar-refractivity contribution >= 4 is 21.4 Å². The van der Waals surface area contributed by atoms with Crippen LogP contribution in [0.2, 0.25) is 0 Å². The smallest absolute Gasteiger partial charge is 0.0526 e. The fourth-order valence-electron chi connectivity index (χ4n) is 0.808. The molecule has 2 rings (SSSR count). The Balaban J connectivity index is 0.000000281. The van der Waals surface area contributed by atoms with E-state index < -0.39 is 0 Å². The summed E-state index contributed by atoms with van der Waals surface area (Å²) in [6.07, 6.45) is 3.70. The first-order valence-electron chi connectivity index (χ1n) is 3.74. The molecule has 0 spiro atoms. The molecule has 0 N–H and O–H groups in total. The van der Waals surface area contributed by atoms with Crippen LogP contribution in [0.25, 0.3) is 10.1 Å². The van der Waals surface area contributed by atoms with Gasteiger partial charge >= 0.3 is 0 Å². The summed E-state index contributed by atoms with van der Waals surface area (Å²) < 4.78 is 1.26. The maximum atomic E-state index is 4.00. The molecule has 0 saturated carbocycles. The molecule has 0 aliphatic rings. The highest BCUT2D eigenvalue weighted by molar-refractivity contribution is 7.17. The zero-order valence-electron chi connectivity index (χ0n) is 6.74. The van der Waals surface area contributed by atoms with Gasteiger partial charge in [0, 0.05) is 12.4 Å². The fraction of sp³-hybridized carbons (Fsp3) is 0.222. The molecular formula is C9H11NS. The maximum Gasteiger partial charge on any atom is 0.0526 e. The second kappa shape index (κ2) is 4.09. The van der Waals surface area contributed by atoms with E-state index in [0.717, 1.165) is 0 Å². The summed E-state index contributed by atoms with van der Waals surface area (Å²) >= 11 is 1.72. The molecular weight excluding hydrogens is 154 g/mol. The Hall–Kier alpha value is -0.890. The monoisotopic (exact) mass is 165 g/mol. The maximum absolute atomic E-state index is 4.00. The summed E-state index contributed by atoms with van der Waals surface area (Å²) in [5.41, 5.74) is 0. The number of fused-ring (bicyclic) bond motifs is 1. The Morgan fingerprint density at radius 1 is 1.27 bits per heavy atom. The quantitative estimate of drug-likeness (QED) is 0.583. The van der Waals surface area contributed by atoms with E-state index in [2.05, 4.69) is 16.4 Å². The topological polar surface area (TPSA) is 12.9 Å². The third kappa shape index (κ3) is 1.77. The van der Waals surface area contributed by atoms with Crippen molar-refractivity contribution in [1.29, 1.82) is 0 Å². The lowest BCUT2D eigenvalue weighted by molar-refractivity contribution is 1.37. The molecule has 0 amide bonds. The number of hydrogen-bond donors (Lipinski definition) is 0. The van der Waals surface area contributed by atoms with Crippen LogP contribution in [0, 0.1) is 0 Å². The van der Waals surface area contributed by atoms with Gasteiger partial charge in [0.1, 0.15) is 0 Å². The van der Waals surface area contributed by atoms with Gasteiger partial charge in [-0.1, -0.05) is 13.8 Å². The zero-order valence-corrected chi connectivity index (χ0v) is 7.56. The first-order chi connectivity index (χ1) is 5.47. The third-order valence-electron chi connectivity index (χ3n) is 1.26. The van der Waals surface area contributed by atoms with Crippen LogP contribution in [0.1, 0.15) is 13.8 Å². The number of thiophene rings is 1.